The summed E-state index contributed by atoms with van der Waals surface area (Å²) in [5, 5.41) is 3.33. The van der Waals surface area contributed by atoms with E-state index in [4.69, 9.17) is 16.3 Å². The van der Waals surface area contributed by atoms with Crippen LogP contribution < -0.4 is 5.32 Å². The van der Waals surface area contributed by atoms with Gasteiger partial charge in [-0.2, -0.15) is 0 Å². The van der Waals surface area contributed by atoms with Crippen LogP contribution >= 0.6 is 11.6 Å². The summed E-state index contributed by atoms with van der Waals surface area (Å²) in [6.45, 7) is 5.77. The van der Waals surface area contributed by atoms with Gasteiger partial charge in [0.05, 0.1) is 35.5 Å². The first kappa shape index (κ1) is 15.4. The van der Waals surface area contributed by atoms with Gasteiger partial charge in [0.2, 0.25) is 0 Å². The number of ether oxygens (including phenoxy) is 1. The Hall–Kier alpha value is -2.01. The van der Waals surface area contributed by atoms with E-state index in [1.54, 1.807) is 12.5 Å². The third-order valence-corrected chi connectivity index (χ3v) is 2.96. The van der Waals surface area contributed by atoms with Crippen LogP contribution in [-0.2, 0) is 11.3 Å². The molecule has 0 aliphatic heterocycles. The molecule has 0 bridgehead atoms. The Morgan fingerprint density at radius 1 is 1.38 bits per heavy atom. The highest BCUT2D eigenvalue weighted by atomic mass is 35.5. The number of aromatic nitrogens is 2. The van der Waals surface area contributed by atoms with Crippen LogP contribution in [0.4, 0.5) is 4.79 Å². The van der Waals surface area contributed by atoms with Crippen molar-refractivity contribution in [3.8, 4) is 5.69 Å². The van der Waals surface area contributed by atoms with Gasteiger partial charge in [0.1, 0.15) is 5.60 Å². The maximum atomic E-state index is 11.7. The zero-order chi connectivity index (χ0) is 15.5. The number of nitrogens with zero attached hydrogens (tertiary/aromatic N) is 2. The number of carbonyl (C=O) groups excluding carboxylic acids is 1. The van der Waals surface area contributed by atoms with Crippen molar-refractivity contribution in [2.45, 2.75) is 32.9 Å². The molecule has 6 heteroatoms. The number of benzene rings is 1. The number of halogens is 1. The Bertz CT molecular complexity index is 632. The second-order valence-corrected chi connectivity index (χ2v) is 5.97. The van der Waals surface area contributed by atoms with Gasteiger partial charge in [-0.1, -0.05) is 23.7 Å². The molecule has 0 unspecified atom stereocenters. The van der Waals surface area contributed by atoms with E-state index in [0.717, 1.165) is 11.4 Å². The van der Waals surface area contributed by atoms with Crippen molar-refractivity contribution < 1.29 is 9.53 Å². The van der Waals surface area contributed by atoms with Gasteiger partial charge < -0.3 is 10.1 Å². The Morgan fingerprint density at radius 2 is 2.10 bits per heavy atom. The number of para-hydroxylation sites is 1. The number of rotatable bonds is 3. The summed E-state index contributed by atoms with van der Waals surface area (Å²) in [6.07, 6.45) is 2.88. The molecular formula is C15H18ClN3O2. The van der Waals surface area contributed by atoms with Crippen LogP contribution in [0, 0.1) is 0 Å². The van der Waals surface area contributed by atoms with Crippen molar-refractivity contribution in [1.82, 2.24) is 14.9 Å². The Morgan fingerprint density at radius 3 is 2.76 bits per heavy atom. The van der Waals surface area contributed by atoms with Crippen LogP contribution in [0.1, 0.15) is 26.5 Å². The molecule has 0 aliphatic carbocycles. The molecule has 112 valence electrons. The third-order valence-electron chi connectivity index (χ3n) is 2.64. The molecule has 5 nitrogen and oxygen atoms in total. The minimum atomic E-state index is -0.521. The van der Waals surface area contributed by atoms with E-state index in [1.807, 2.05) is 49.6 Å². The van der Waals surface area contributed by atoms with E-state index < -0.39 is 11.7 Å². The zero-order valence-electron chi connectivity index (χ0n) is 12.3. The van der Waals surface area contributed by atoms with Gasteiger partial charge in [-0.25, -0.2) is 9.78 Å². The lowest BCUT2D eigenvalue weighted by Crippen LogP contribution is -2.32. The number of carbonyl (C=O) groups is 1. The Balaban J connectivity index is 2.08. The van der Waals surface area contributed by atoms with Crippen LogP contribution in [0.5, 0.6) is 0 Å². The smallest absolute Gasteiger partial charge is 0.407 e. The van der Waals surface area contributed by atoms with Gasteiger partial charge in [0, 0.05) is 0 Å². The normalized spacial score (nSPS) is 11.2. The molecule has 0 fully saturated rings. The predicted molar refractivity (Wildman–Crippen MR) is 81.6 cm³/mol. The molecule has 1 amide bonds. The highest BCUT2D eigenvalue weighted by Crippen LogP contribution is 2.21. The maximum Gasteiger partial charge on any atom is 0.407 e. The molecule has 21 heavy (non-hydrogen) atoms. The zero-order valence-corrected chi connectivity index (χ0v) is 13.0. The lowest BCUT2D eigenvalue weighted by atomic mass is 10.2. The molecule has 1 aromatic heterocycles. The fraction of sp³-hybridized carbons (Fsp3) is 0.333. The molecule has 1 heterocycles. The van der Waals surface area contributed by atoms with Crippen molar-refractivity contribution in [2.75, 3.05) is 0 Å². The van der Waals surface area contributed by atoms with E-state index >= 15 is 0 Å². The predicted octanol–water partition coefficient (Wildman–Crippen LogP) is 3.55. The molecular weight excluding hydrogens is 290 g/mol. The number of alkyl carbamates (subject to hydrolysis) is 1. The quantitative estimate of drug-likeness (QED) is 0.943. The summed E-state index contributed by atoms with van der Waals surface area (Å²) >= 11 is 6.18. The number of nitrogens with one attached hydrogen (secondary N) is 1. The molecule has 1 N–H and O–H groups in total. The molecule has 0 atom stereocenters. The first-order valence-corrected chi connectivity index (χ1v) is 6.97. The molecule has 0 aliphatic rings. The van der Waals surface area contributed by atoms with E-state index in [1.165, 1.54) is 0 Å². The second-order valence-electron chi connectivity index (χ2n) is 5.56. The summed E-state index contributed by atoms with van der Waals surface area (Å²) < 4.78 is 7.03. The average Bonchev–Trinajstić information content (AvgIpc) is 2.83. The van der Waals surface area contributed by atoms with E-state index in [2.05, 4.69) is 10.3 Å². The molecule has 1 aromatic carbocycles. The standard InChI is InChI=1S/C15H18ClN3O2/c1-15(2,3)21-14(20)18-9-11-8-17-10-19(11)13-7-5-4-6-12(13)16/h4-8,10H,9H2,1-3H3,(H,18,20). The fourth-order valence-electron chi connectivity index (χ4n) is 1.79. The number of imidazole rings is 1. The Labute approximate surface area is 128 Å². The fourth-order valence-corrected chi connectivity index (χ4v) is 2.02. The minimum absolute atomic E-state index is 0.306. The molecule has 0 radical (unpaired) electrons. The van der Waals surface area contributed by atoms with Crippen molar-refractivity contribution in [3.05, 3.63) is 47.5 Å². The van der Waals surface area contributed by atoms with Gasteiger partial charge in [0.15, 0.2) is 0 Å². The Kier molecular flexibility index (Phi) is 4.53. The van der Waals surface area contributed by atoms with Crippen LogP contribution in [0.25, 0.3) is 5.69 Å². The van der Waals surface area contributed by atoms with Crippen LogP contribution in [0.2, 0.25) is 5.02 Å². The largest absolute Gasteiger partial charge is 0.444 e. The van der Waals surface area contributed by atoms with Crippen LogP contribution in [0.15, 0.2) is 36.8 Å². The van der Waals surface area contributed by atoms with Crippen molar-refractivity contribution in [1.29, 1.82) is 0 Å². The van der Waals surface area contributed by atoms with E-state index in [-0.39, 0.29) is 0 Å². The summed E-state index contributed by atoms with van der Waals surface area (Å²) in [4.78, 5) is 15.8. The highest BCUT2D eigenvalue weighted by molar-refractivity contribution is 6.32. The van der Waals surface area contributed by atoms with Crippen molar-refractivity contribution in [3.63, 3.8) is 0 Å². The SMILES string of the molecule is CC(C)(C)OC(=O)NCc1cncn1-c1ccccc1Cl. The maximum absolute atomic E-state index is 11.7. The van der Waals surface area contributed by atoms with E-state index in [9.17, 15) is 4.79 Å². The van der Waals surface area contributed by atoms with Gasteiger partial charge in [-0.05, 0) is 32.9 Å². The topological polar surface area (TPSA) is 56.1 Å². The van der Waals surface area contributed by atoms with Crippen molar-refractivity contribution >= 4 is 17.7 Å². The van der Waals surface area contributed by atoms with Gasteiger partial charge >= 0.3 is 6.09 Å². The number of amides is 1. The minimum Gasteiger partial charge on any atom is -0.444 e. The summed E-state index contributed by atoms with van der Waals surface area (Å²) in [6, 6.07) is 7.45. The molecule has 0 saturated heterocycles. The first-order chi connectivity index (χ1) is 9.87. The molecule has 2 rings (SSSR count). The highest BCUT2D eigenvalue weighted by Gasteiger charge is 2.16. The van der Waals surface area contributed by atoms with Gasteiger partial charge in [0.25, 0.3) is 0 Å². The molecule has 0 saturated carbocycles. The summed E-state index contributed by atoms with van der Waals surface area (Å²) in [7, 11) is 0. The van der Waals surface area contributed by atoms with E-state index in [0.29, 0.717) is 11.6 Å². The monoisotopic (exact) mass is 307 g/mol. The summed E-state index contributed by atoms with van der Waals surface area (Å²) in [5.74, 6) is 0. The molecule has 2 aromatic rings. The summed E-state index contributed by atoms with van der Waals surface area (Å²) in [5.41, 5.74) is 1.11. The van der Waals surface area contributed by atoms with Crippen LogP contribution in [-0.4, -0.2) is 21.2 Å². The van der Waals surface area contributed by atoms with Gasteiger partial charge in [-0.3, -0.25) is 4.57 Å². The number of hydrogen-bond acceptors (Lipinski definition) is 3. The second kappa shape index (κ2) is 6.18. The van der Waals surface area contributed by atoms with Crippen LogP contribution in [0.3, 0.4) is 0 Å². The van der Waals surface area contributed by atoms with Gasteiger partial charge in [-0.15, -0.1) is 0 Å². The third kappa shape index (κ3) is 4.23. The first-order valence-electron chi connectivity index (χ1n) is 6.60. The molecule has 0 spiro atoms. The van der Waals surface area contributed by atoms with Crippen molar-refractivity contribution in [2.24, 2.45) is 0 Å². The lowest BCUT2D eigenvalue weighted by Gasteiger charge is -2.19. The average molecular weight is 308 g/mol. The number of hydrogen-bond donors (Lipinski definition) is 1. The lowest BCUT2D eigenvalue weighted by molar-refractivity contribution is 0.0522.